The van der Waals surface area contributed by atoms with E-state index in [2.05, 4.69) is 50.8 Å². The van der Waals surface area contributed by atoms with Crippen LogP contribution in [0.5, 0.6) is 11.5 Å². The van der Waals surface area contributed by atoms with Crippen LogP contribution in [0.1, 0.15) is 69.1 Å². The number of aromatic hydroxyl groups is 1. The number of H-pyrrole nitrogens is 1. The van der Waals surface area contributed by atoms with E-state index in [0.717, 1.165) is 53.3 Å². The molecule has 4 aromatic rings. The Morgan fingerprint density at radius 2 is 1.90 bits per heavy atom. The maximum atomic E-state index is 14.8. The highest BCUT2D eigenvalue weighted by atomic mass is 33.1. The Morgan fingerprint density at radius 1 is 1.05 bits per heavy atom. The quantitative estimate of drug-likeness (QED) is 0.0756. The Bertz CT molecular complexity index is 2610. The summed E-state index contributed by atoms with van der Waals surface area (Å²) in [7, 11) is 3.44. The van der Waals surface area contributed by atoms with Crippen LogP contribution < -0.4 is 32.3 Å². The molecule has 1 saturated carbocycles. The number of epoxide rings is 1. The van der Waals surface area contributed by atoms with Gasteiger partial charge in [0.15, 0.2) is 11.0 Å². The number of dihydropyridines is 2. The second kappa shape index (κ2) is 14.1. The number of hydrogen-bond donors (Lipinski definition) is 6. The van der Waals surface area contributed by atoms with E-state index in [9.17, 15) is 14.7 Å². The first-order chi connectivity index (χ1) is 29.0. The van der Waals surface area contributed by atoms with E-state index < -0.39 is 23.2 Å². The van der Waals surface area contributed by atoms with Gasteiger partial charge in [0, 0.05) is 83.6 Å². The fraction of sp³-hybridized carbons (Fsp3) is 0.467. The van der Waals surface area contributed by atoms with Gasteiger partial charge in [0.25, 0.3) is 0 Å². The highest BCUT2D eigenvalue weighted by Crippen LogP contribution is 2.60. The van der Waals surface area contributed by atoms with E-state index in [1.165, 1.54) is 6.07 Å². The molecule has 1 aliphatic carbocycles. The van der Waals surface area contributed by atoms with Gasteiger partial charge in [-0.15, -0.1) is 0 Å². The minimum Gasteiger partial charge on any atom is -0.507 e. The summed E-state index contributed by atoms with van der Waals surface area (Å²) in [4.78, 5) is 31.5. The lowest BCUT2D eigenvalue weighted by Gasteiger charge is -2.48. The number of rotatable bonds is 2. The van der Waals surface area contributed by atoms with Crippen molar-refractivity contribution in [3.63, 3.8) is 0 Å². The lowest BCUT2D eigenvalue weighted by molar-refractivity contribution is -0.174. The summed E-state index contributed by atoms with van der Waals surface area (Å²) >= 11 is 0. The fourth-order valence-electron chi connectivity index (χ4n) is 11.3. The van der Waals surface area contributed by atoms with Crippen molar-refractivity contribution in [3.05, 3.63) is 105 Å². The third-order valence-corrected chi connectivity index (χ3v) is 16.5. The highest BCUT2D eigenvalue weighted by molar-refractivity contribution is 8.76. The van der Waals surface area contributed by atoms with Gasteiger partial charge < -0.3 is 55.4 Å². The third kappa shape index (κ3) is 6.16. The van der Waals surface area contributed by atoms with E-state index in [4.69, 9.17) is 30.1 Å². The van der Waals surface area contributed by atoms with Crippen molar-refractivity contribution in [2.24, 2.45) is 23.3 Å². The SMILES string of the molecule is Cc1cc(=O)c2c(O)c3c(cc2o1)O[C@@]1(C)CCSSCC2=C(N)NC(Cn4cc5cc[nH]c5c4)C=C2C2C=C(C=C(N)N2)CC[C@H]2O[C@]24C(=O)O[C@@H]1[C@H]3C1CCC4CC1. The molecule has 8 N–H and O–H groups in total. The van der Waals surface area contributed by atoms with E-state index in [0.29, 0.717) is 66.0 Å². The molecule has 3 aromatic heterocycles. The van der Waals surface area contributed by atoms with Crippen LogP contribution in [0, 0.1) is 18.8 Å². The minimum absolute atomic E-state index is 0.00644. The Morgan fingerprint density at radius 3 is 2.73 bits per heavy atom. The van der Waals surface area contributed by atoms with Gasteiger partial charge in [-0.3, -0.25) is 4.79 Å². The smallest absolute Gasteiger partial charge is 0.341 e. The number of phenolic OH excluding ortho intramolecular Hbond substituents is 1. The molecule has 8 aliphatic rings. The maximum absolute atomic E-state index is 14.8. The van der Waals surface area contributed by atoms with Gasteiger partial charge in [0.05, 0.1) is 29.5 Å². The molecule has 12 rings (SSSR count). The molecule has 0 radical (unpaired) electrons. The number of carbonyl (C=O) groups is 1. The van der Waals surface area contributed by atoms with E-state index in [1.54, 1.807) is 34.6 Å². The van der Waals surface area contributed by atoms with Crippen molar-refractivity contribution < 1.29 is 28.5 Å². The molecule has 6 bridgehead atoms. The number of benzene rings is 1. The maximum Gasteiger partial charge on any atom is 0.341 e. The summed E-state index contributed by atoms with van der Waals surface area (Å²) in [5, 5.41) is 20.4. The predicted molar refractivity (Wildman–Crippen MR) is 232 cm³/mol. The topological polar surface area (TPSA) is 195 Å². The van der Waals surface area contributed by atoms with Gasteiger partial charge in [-0.25, -0.2) is 4.79 Å². The molecule has 1 aromatic carbocycles. The third-order valence-electron chi connectivity index (χ3n) is 14.2. The number of carbonyl (C=O) groups excluding carboxylic acids is 1. The number of ether oxygens (including phenoxy) is 3. The van der Waals surface area contributed by atoms with Crippen molar-refractivity contribution in [2.45, 2.75) is 107 Å². The first kappa shape index (κ1) is 38.1. The van der Waals surface area contributed by atoms with E-state index in [-0.39, 0.29) is 58.1 Å². The van der Waals surface area contributed by atoms with Crippen LogP contribution in [0.3, 0.4) is 0 Å². The Kier molecular flexibility index (Phi) is 8.95. The molecule has 10 heterocycles. The molecule has 7 aliphatic heterocycles. The zero-order valence-electron chi connectivity index (χ0n) is 33.6. The van der Waals surface area contributed by atoms with Crippen molar-refractivity contribution in [1.29, 1.82) is 0 Å². The van der Waals surface area contributed by atoms with Gasteiger partial charge >= 0.3 is 5.97 Å². The summed E-state index contributed by atoms with van der Waals surface area (Å²) in [6, 6.07) is 4.97. The number of nitrogens with one attached hydrogen (secondary N) is 3. The minimum atomic E-state index is -1.05. The van der Waals surface area contributed by atoms with Crippen LogP contribution in [-0.4, -0.2) is 67.6 Å². The molecular formula is C45H50N6O7S2. The largest absolute Gasteiger partial charge is 0.507 e. The van der Waals surface area contributed by atoms with Crippen LogP contribution in [0.25, 0.3) is 21.9 Å². The molecular weight excluding hydrogens is 801 g/mol. The number of allylic oxidation sites excluding steroid dienone is 2. The van der Waals surface area contributed by atoms with Crippen LogP contribution >= 0.6 is 21.6 Å². The van der Waals surface area contributed by atoms with Crippen molar-refractivity contribution in [2.75, 3.05) is 11.5 Å². The van der Waals surface area contributed by atoms with Gasteiger partial charge in [-0.2, -0.15) is 0 Å². The summed E-state index contributed by atoms with van der Waals surface area (Å²) < 4.78 is 28.5. The van der Waals surface area contributed by atoms with Gasteiger partial charge in [0.2, 0.25) is 0 Å². The second-order valence-corrected chi connectivity index (χ2v) is 20.5. The number of nitrogens with zero attached hydrogens (tertiary/aromatic N) is 1. The Balaban J connectivity index is 0.965. The normalized spacial score (nSPS) is 33.8. The van der Waals surface area contributed by atoms with Crippen molar-refractivity contribution >= 4 is 49.4 Å². The lowest BCUT2D eigenvalue weighted by Crippen LogP contribution is -2.55. The molecule has 2 unspecified atom stereocenters. The lowest BCUT2D eigenvalue weighted by atomic mass is 9.65. The molecule has 7 atom stereocenters. The summed E-state index contributed by atoms with van der Waals surface area (Å²) in [5.41, 5.74) is 16.3. The molecule has 314 valence electrons. The molecule has 13 nitrogen and oxygen atoms in total. The molecule has 3 saturated heterocycles. The first-order valence-electron chi connectivity index (χ1n) is 21.1. The zero-order chi connectivity index (χ0) is 41.1. The molecule has 60 heavy (non-hydrogen) atoms. The highest BCUT2D eigenvalue weighted by Gasteiger charge is 2.70. The average molecular weight is 851 g/mol. The summed E-state index contributed by atoms with van der Waals surface area (Å²) in [6.45, 7) is 4.43. The summed E-state index contributed by atoms with van der Waals surface area (Å²) in [6.07, 6.45) is 16.8. The number of aromatic nitrogens is 2. The van der Waals surface area contributed by atoms with Gasteiger partial charge in [-0.1, -0.05) is 33.7 Å². The molecule has 0 amide bonds. The standard InChI is InChI=1S/C45H50N6O7S2/c1-22-13-32(52)38-33(55-22)17-34-39(40(38)53)37-24-4-6-26(7-5-24)45-35(58-45)8-3-23-14-30(50-36(46)15-23)28-16-27(19-51-18-25-9-11-48-31(25)20-51)49-42(47)29(28)21-60-59-12-10-44(2,57-34)41(37)56-43(45)54/h9,11,13-18,20,24,26-27,30,35,37,41,48-50,53H,3-8,10,12,19,21,46-47H2,1-2H3/t24?,26?,27?,30?,35-,37+,41-,44+,45+/m1/s1. The monoisotopic (exact) mass is 850 g/mol. The first-order valence-corrected chi connectivity index (χ1v) is 23.6. The molecule has 1 spiro atoms. The zero-order valence-corrected chi connectivity index (χ0v) is 35.3. The Hall–Kier alpha value is -4.86. The van der Waals surface area contributed by atoms with Crippen LogP contribution in [0.15, 0.2) is 92.6 Å². The molecule has 15 heteroatoms. The fourth-order valence-corrected chi connectivity index (χ4v) is 13.6. The number of esters is 1. The number of hydrogen-bond acceptors (Lipinski definition) is 13. The number of fused-ring (bicyclic) bond motifs is 8. The van der Waals surface area contributed by atoms with E-state index >= 15 is 0 Å². The average Bonchev–Trinajstić information content (AvgIpc) is 3.55. The number of nitrogens with two attached hydrogens (primary N) is 2. The van der Waals surface area contributed by atoms with Crippen molar-refractivity contribution in [3.8, 4) is 11.5 Å². The Labute approximate surface area is 354 Å². The number of aromatic amines is 1. The second-order valence-electron chi connectivity index (χ2n) is 17.9. The van der Waals surface area contributed by atoms with E-state index in [1.807, 2.05) is 19.2 Å². The molecule has 4 fully saturated rings. The number of phenols is 1. The van der Waals surface area contributed by atoms with Crippen LogP contribution in [0.2, 0.25) is 0 Å². The summed E-state index contributed by atoms with van der Waals surface area (Å²) in [5.74, 6) is 2.66. The predicted octanol–water partition coefficient (Wildman–Crippen LogP) is 6.23. The van der Waals surface area contributed by atoms with Crippen LogP contribution in [0.4, 0.5) is 0 Å². The van der Waals surface area contributed by atoms with Gasteiger partial charge in [0.1, 0.15) is 45.8 Å². The van der Waals surface area contributed by atoms with Gasteiger partial charge in [-0.05, 0) is 81.6 Å². The van der Waals surface area contributed by atoms with Crippen molar-refractivity contribution in [1.82, 2.24) is 20.2 Å². The number of aryl methyl sites for hydroxylation is 1. The van der Waals surface area contributed by atoms with Crippen LogP contribution in [-0.2, 0) is 20.8 Å².